The van der Waals surface area contributed by atoms with Crippen LogP contribution in [0.15, 0.2) is 42.5 Å². The number of alkyl halides is 6. The van der Waals surface area contributed by atoms with Crippen molar-refractivity contribution >= 4 is 5.91 Å². The SMILES string of the molecule is COc1cc(C(=O)NCC(O)(c2cc3c(c(-c4ccc(F)cc4)n2)OC[C@@]3(N)C(F)(F)F)C(F)(F)F)cc(F)c1OC1CC1. The van der Waals surface area contributed by atoms with Crippen molar-refractivity contribution in [1.82, 2.24) is 10.3 Å². The highest BCUT2D eigenvalue weighted by molar-refractivity contribution is 5.95. The van der Waals surface area contributed by atoms with Crippen molar-refractivity contribution in [3.8, 4) is 28.5 Å². The molecule has 44 heavy (non-hydrogen) atoms. The van der Waals surface area contributed by atoms with Crippen LogP contribution in [0, 0.1) is 11.6 Å². The maximum absolute atomic E-state index is 14.7. The van der Waals surface area contributed by atoms with Crippen LogP contribution in [0.25, 0.3) is 11.3 Å². The van der Waals surface area contributed by atoms with E-state index in [1.54, 1.807) is 0 Å². The number of nitrogens with one attached hydrogen (secondary N) is 1. The van der Waals surface area contributed by atoms with Gasteiger partial charge in [0.1, 0.15) is 18.1 Å². The van der Waals surface area contributed by atoms with Gasteiger partial charge in [-0.05, 0) is 55.3 Å². The molecule has 4 N–H and O–H groups in total. The summed E-state index contributed by atoms with van der Waals surface area (Å²) in [4.78, 5) is 16.6. The van der Waals surface area contributed by atoms with Gasteiger partial charge in [-0.1, -0.05) is 0 Å². The van der Waals surface area contributed by atoms with Crippen LogP contribution in [0.5, 0.6) is 17.2 Å². The summed E-state index contributed by atoms with van der Waals surface area (Å²) in [5.41, 5.74) is -5.40. The van der Waals surface area contributed by atoms with Gasteiger partial charge in [-0.15, -0.1) is 0 Å². The fourth-order valence-corrected chi connectivity index (χ4v) is 4.49. The van der Waals surface area contributed by atoms with Gasteiger partial charge in [0.05, 0.1) is 25.5 Å². The van der Waals surface area contributed by atoms with Gasteiger partial charge >= 0.3 is 12.4 Å². The molecule has 2 heterocycles. The number of nitrogens with two attached hydrogens (primary N) is 1. The van der Waals surface area contributed by atoms with Crippen LogP contribution in [-0.4, -0.2) is 54.7 Å². The Morgan fingerprint density at radius 2 is 1.77 bits per heavy atom. The van der Waals surface area contributed by atoms with Gasteiger partial charge in [0.15, 0.2) is 28.6 Å². The largest absolute Gasteiger partial charge is 0.493 e. The lowest BCUT2D eigenvalue weighted by molar-refractivity contribution is -0.265. The van der Waals surface area contributed by atoms with E-state index in [0.717, 1.165) is 37.4 Å². The van der Waals surface area contributed by atoms with E-state index in [9.17, 15) is 45.0 Å². The Kier molecular flexibility index (Phi) is 7.65. The van der Waals surface area contributed by atoms with E-state index in [4.69, 9.17) is 19.9 Å². The number of pyridine rings is 1. The first-order chi connectivity index (χ1) is 20.5. The predicted octanol–water partition coefficient (Wildman–Crippen LogP) is 4.87. The number of amides is 1. The molecule has 2 aliphatic rings. The lowest BCUT2D eigenvalue weighted by Crippen LogP contribution is -2.53. The van der Waals surface area contributed by atoms with Crippen molar-refractivity contribution in [3.05, 3.63) is 70.9 Å². The summed E-state index contributed by atoms with van der Waals surface area (Å²) in [7, 11) is 1.15. The lowest BCUT2D eigenvalue weighted by atomic mass is 9.87. The number of rotatable bonds is 8. The third kappa shape index (κ3) is 5.47. The number of fused-ring (bicyclic) bond motifs is 1. The molecule has 236 valence electrons. The number of aromatic nitrogens is 1. The minimum absolute atomic E-state index is 0.152. The summed E-state index contributed by atoms with van der Waals surface area (Å²) in [6, 6.07) is 5.82. The molecular weight excluding hydrogens is 610 g/mol. The molecular formula is C28H23F8N3O5. The zero-order valence-electron chi connectivity index (χ0n) is 22.6. The predicted molar refractivity (Wildman–Crippen MR) is 136 cm³/mol. The molecule has 1 aliphatic heterocycles. The molecule has 1 amide bonds. The smallest absolute Gasteiger partial charge is 0.424 e. The molecule has 16 heteroatoms. The van der Waals surface area contributed by atoms with Gasteiger partial charge < -0.3 is 30.4 Å². The fourth-order valence-electron chi connectivity index (χ4n) is 4.49. The fraction of sp³-hybridized carbons (Fsp3) is 0.357. The third-order valence-electron chi connectivity index (χ3n) is 7.22. The summed E-state index contributed by atoms with van der Waals surface area (Å²) in [6.45, 7) is -2.89. The van der Waals surface area contributed by atoms with Crippen molar-refractivity contribution in [2.24, 2.45) is 5.73 Å². The van der Waals surface area contributed by atoms with E-state index in [-0.39, 0.29) is 23.2 Å². The Hall–Kier alpha value is -4.18. The van der Waals surface area contributed by atoms with Crippen LogP contribution >= 0.6 is 0 Å². The highest BCUT2D eigenvalue weighted by atomic mass is 19.4. The molecule has 1 fully saturated rings. The molecule has 8 nitrogen and oxygen atoms in total. The van der Waals surface area contributed by atoms with E-state index in [1.165, 1.54) is 0 Å². The highest BCUT2D eigenvalue weighted by Crippen LogP contribution is 2.51. The first-order valence-electron chi connectivity index (χ1n) is 12.9. The van der Waals surface area contributed by atoms with Crippen LogP contribution < -0.4 is 25.3 Å². The second-order valence-electron chi connectivity index (χ2n) is 10.3. The molecule has 1 unspecified atom stereocenters. The Labute approximate surface area is 243 Å². The topological polar surface area (TPSA) is 116 Å². The van der Waals surface area contributed by atoms with Crippen LogP contribution in [0.1, 0.15) is 34.5 Å². The summed E-state index contributed by atoms with van der Waals surface area (Å²) >= 11 is 0. The normalized spacial score (nSPS) is 19.5. The Morgan fingerprint density at radius 1 is 1.11 bits per heavy atom. The summed E-state index contributed by atoms with van der Waals surface area (Å²) in [6.07, 6.45) is -9.78. The zero-order chi connectivity index (χ0) is 32.2. The number of carbonyl (C=O) groups is 1. The second-order valence-corrected chi connectivity index (χ2v) is 10.3. The van der Waals surface area contributed by atoms with Crippen molar-refractivity contribution in [2.45, 2.75) is 42.4 Å². The van der Waals surface area contributed by atoms with E-state index in [1.807, 2.05) is 5.32 Å². The van der Waals surface area contributed by atoms with E-state index < -0.39 is 82.5 Å². The third-order valence-corrected chi connectivity index (χ3v) is 7.22. The number of hydrogen-bond donors (Lipinski definition) is 3. The van der Waals surface area contributed by atoms with Crippen LogP contribution in [0.4, 0.5) is 35.1 Å². The quantitative estimate of drug-likeness (QED) is 0.304. The summed E-state index contributed by atoms with van der Waals surface area (Å²) in [5, 5.41) is 12.8. The maximum atomic E-state index is 14.7. The molecule has 1 aliphatic carbocycles. The molecule has 0 saturated heterocycles. The molecule has 2 aromatic carbocycles. The van der Waals surface area contributed by atoms with Crippen molar-refractivity contribution in [1.29, 1.82) is 0 Å². The standard InChI is InChI=1S/C28H23F8N3O5/c1-42-19-9-14(8-18(30)23(19)44-16-6-7-16)24(40)38-11-26(41,28(34,35)36)20-10-17-22(43-12-25(17,37)27(31,32)33)21(39-20)13-2-4-15(29)5-3-13/h2-5,8-10,16,41H,6-7,11-12,37H2,1H3,(H,38,40)/t25-,26?/m0/s1. The molecule has 2 atom stereocenters. The molecule has 0 bridgehead atoms. The van der Waals surface area contributed by atoms with Crippen molar-refractivity contribution < 1.29 is 59.2 Å². The first kappa shape index (κ1) is 31.3. The number of nitrogens with zero attached hydrogens (tertiary/aromatic N) is 1. The van der Waals surface area contributed by atoms with Gasteiger partial charge in [-0.2, -0.15) is 26.3 Å². The van der Waals surface area contributed by atoms with Crippen LogP contribution in [0.3, 0.4) is 0 Å². The highest BCUT2D eigenvalue weighted by Gasteiger charge is 2.61. The Bertz CT molecular complexity index is 1590. The minimum Gasteiger partial charge on any atom is -0.493 e. The van der Waals surface area contributed by atoms with Gasteiger partial charge in [0.2, 0.25) is 5.60 Å². The lowest BCUT2D eigenvalue weighted by Gasteiger charge is -2.32. The number of halogens is 8. The average molecular weight is 633 g/mol. The number of hydrogen-bond acceptors (Lipinski definition) is 7. The van der Waals surface area contributed by atoms with Gasteiger partial charge in [-0.25, -0.2) is 13.8 Å². The monoisotopic (exact) mass is 633 g/mol. The molecule has 0 radical (unpaired) electrons. The summed E-state index contributed by atoms with van der Waals surface area (Å²) < 4.78 is 130. The van der Waals surface area contributed by atoms with Gasteiger partial charge in [0, 0.05) is 16.7 Å². The second kappa shape index (κ2) is 10.8. The van der Waals surface area contributed by atoms with Crippen molar-refractivity contribution in [3.63, 3.8) is 0 Å². The first-order valence-corrected chi connectivity index (χ1v) is 12.9. The number of methoxy groups -OCH3 is 1. The molecule has 1 saturated carbocycles. The van der Waals surface area contributed by atoms with E-state index >= 15 is 0 Å². The average Bonchev–Trinajstić information content (AvgIpc) is 3.71. The Morgan fingerprint density at radius 3 is 2.34 bits per heavy atom. The van der Waals surface area contributed by atoms with Crippen LogP contribution in [-0.2, 0) is 11.1 Å². The molecule has 0 spiro atoms. The van der Waals surface area contributed by atoms with E-state index in [0.29, 0.717) is 25.0 Å². The molecule has 5 rings (SSSR count). The van der Waals surface area contributed by atoms with Crippen molar-refractivity contribution in [2.75, 3.05) is 20.3 Å². The number of aliphatic hydroxyl groups is 1. The molecule has 3 aromatic rings. The van der Waals surface area contributed by atoms with Gasteiger partial charge in [-0.3, -0.25) is 4.79 Å². The van der Waals surface area contributed by atoms with Crippen LogP contribution in [0.2, 0.25) is 0 Å². The zero-order valence-corrected chi connectivity index (χ0v) is 22.6. The number of benzene rings is 2. The van der Waals surface area contributed by atoms with E-state index in [2.05, 4.69) is 4.98 Å². The minimum atomic E-state index is -5.64. The number of ether oxygens (including phenoxy) is 3. The van der Waals surface area contributed by atoms with Gasteiger partial charge in [0.25, 0.3) is 5.91 Å². The Balaban J connectivity index is 1.56. The summed E-state index contributed by atoms with van der Waals surface area (Å²) in [5.74, 6) is -4.24. The molecule has 1 aromatic heterocycles. The number of carbonyl (C=O) groups excluding carboxylic acids is 1. The maximum Gasteiger partial charge on any atom is 0.424 e.